The van der Waals surface area contributed by atoms with Crippen LogP contribution in [0.3, 0.4) is 0 Å². The number of aromatic carboxylic acids is 1. The van der Waals surface area contributed by atoms with Crippen LogP contribution >= 0.6 is 15.9 Å². The second-order valence-electron chi connectivity index (χ2n) is 2.84. The van der Waals surface area contributed by atoms with Crippen molar-refractivity contribution in [3.63, 3.8) is 0 Å². The van der Waals surface area contributed by atoms with Crippen LogP contribution in [0.2, 0.25) is 0 Å². The number of hydrogen-bond donors (Lipinski definition) is 2. The van der Waals surface area contributed by atoms with E-state index in [-0.39, 0.29) is 11.0 Å². The van der Waals surface area contributed by atoms with Crippen LogP contribution in [-0.4, -0.2) is 22.4 Å². The number of hydrogen-bond acceptors (Lipinski definition) is 3. The summed E-state index contributed by atoms with van der Waals surface area (Å²) in [5, 5.41) is 8.42. The van der Waals surface area contributed by atoms with Crippen LogP contribution in [0.25, 0.3) is 0 Å². The zero-order valence-electron chi connectivity index (χ0n) is 7.97. The van der Waals surface area contributed by atoms with Crippen molar-refractivity contribution in [3.8, 4) is 5.75 Å². The zero-order valence-corrected chi connectivity index (χ0v) is 9.55. The number of carboxylic acids is 1. The lowest BCUT2D eigenvalue weighted by atomic mass is 10.3. The van der Waals surface area contributed by atoms with Crippen molar-refractivity contribution in [2.24, 2.45) is 0 Å². The summed E-state index contributed by atoms with van der Waals surface area (Å²) in [7, 11) is 0. The Hall–Kier alpha value is -1.51. The molecule has 0 saturated heterocycles. The lowest BCUT2D eigenvalue weighted by molar-refractivity contribution is -0.275. The molecule has 0 unspecified atom stereocenters. The number of rotatable bonds is 3. The number of H-pyrrole nitrogens is 1. The number of ether oxygens (including phenoxy) is 1. The number of aromatic amines is 1. The van der Waals surface area contributed by atoms with Gasteiger partial charge in [-0.2, -0.15) is 0 Å². The number of alkyl halides is 4. The van der Waals surface area contributed by atoms with Gasteiger partial charge in [-0.15, -0.1) is 13.2 Å². The van der Waals surface area contributed by atoms with E-state index in [1.807, 2.05) is 0 Å². The van der Waals surface area contributed by atoms with Crippen molar-refractivity contribution in [1.82, 2.24) is 4.98 Å². The largest absolute Gasteiger partial charge is 0.573 e. The first-order valence-electron chi connectivity index (χ1n) is 4.06. The van der Waals surface area contributed by atoms with Crippen LogP contribution in [0.5, 0.6) is 5.75 Å². The molecule has 0 amide bonds. The minimum absolute atomic E-state index is 0.186. The number of aromatic nitrogens is 1. The molecule has 0 aliphatic rings. The molecule has 9 heteroatoms. The van der Waals surface area contributed by atoms with Crippen LogP contribution in [0.1, 0.15) is 16.2 Å². The van der Waals surface area contributed by atoms with Crippen molar-refractivity contribution < 1.29 is 27.8 Å². The van der Waals surface area contributed by atoms with E-state index in [4.69, 9.17) is 5.11 Å². The summed E-state index contributed by atoms with van der Waals surface area (Å²) in [4.78, 5) is 24.0. The van der Waals surface area contributed by atoms with Gasteiger partial charge in [0.1, 0.15) is 5.69 Å². The molecular weight excluding hydrogens is 311 g/mol. The van der Waals surface area contributed by atoms with Crippen molar-refractivity contribution in [2.75, 3.05) is 0 Å². The lowest BCUT2D eigenvalue weighted by Crippen LogP contribution is -2.24. The minimum Gasteiger partial charge on any atom is -0.477 e. The summed E-state index contributed by atoms with van der Waals surface area (Å²) in [6.45, 7) is 0. The molecular formula is C8H5BrF3NO4. The topological polar surface area (TPSA) is 79.4 Å². The normalized spacial score (nSPS) is 11.3. The summed E-state index contributed by atoms with van der Waals surface area (Å²) in [6.07, 6.45) is -5.02. The molecule has 17 heavy (non-hydrogen) atoms. The Morgan fingerprint density at radius 1 is 1.53 bits per heavy atom. The molecule has 0 spiro atoms. The minimum atomic E-state index is -5.02. The molecule has 0 aromatic carbocycles. The van der Waals surface area contributed by atoms with Gasteiger partial charge < -0.3 is 14.8 Å². The van der Waals surface area contributed by atoms with Gasteiger partial charge in [0.05, 0.1) is 5.69 Å². The molecule has 0 aliphatic carbocycles. The zero-order chi connectivity index (χ0) is 13.2. The lowest BCUT2D eigenvalue weighted by Gasteiger charge is -2.11. The maximum atomic E-state index is 12.0. The van der Waals surface area contributed by atoms with Gasteiger partial charge in [0.25, 0.3) is 0 Å². The third-order valence-electron chi connectivity index (χ3n) is 1.64. The standard InChI is InChI=1S/C8H5BrF3NO4/c9-2-4-6(17-8(10,11)12)5(14)1-3(13-4)7(15)16/h1H,2H2,(H,13,14)(H,15,16). The van der Waals surface area contributed by atoms with E-state index in [0.717, 1.165) is 0 Å². The Kier molecular flexibility index (Phi) is 3.81. The number of halogens is 4. The molecule has 1 aromatic heterocycles. The summed E-state index contributed by atoms with van der Waals surface area (Å²) in [6, 6.07) is 0.523. The van der Waals surface area contributed by atoms with Gasteiger partial charge in [-0.1, -0.05) is 15.9 Å². The molecule has 0 atom stereocenters. The highest BCUT2D eigenvalue weighted by molar-refractivity contribution is 9.08. The molecule has 1 aromatic rings. The van der Waals surface area contributed by atoms with Gasteiger partial charge in [0.15, 0.2) is 5.75 Å². The average molecular weight is 316 g/mol. The summed E-state index contributed by atoms with van der Waals surface area (Å²) >= 11 is 2.82. The van der Waals surface area contributed by atoms with Crippen LogP contribution in [0.4, 0.5) is 13.2 Å². The first-order chi connectivity index (χ1) is 7.74. The Labute approximate surface area is 100 Å². The molecule has 0 radical (unpaired) electrons. The summed E-state index contributed by atoms with van der Waals surface area (Å²) in [5.41, 5.74) is -1.97. The van der Waals surface area contributed by atoms with E-state index < -0.39 is 29.2 Å². The maximum Gasteiger partial charge on any atom is 0.573 e. The van der Waals surface area contributed by atoms with Crippen molar-refractivity contribution in [2.45, 2.75) is 11.7 Å². The fourth-order valence-corrected chi connectivity index (χ4v) is 1.43. The molecule has 1 rings (SSSR count). The fourth-order valence-electron chi connectivity index (χ4n) is 1.04. The monoisotopic (exact) mass is 315 g/mol. The van der Waals surface area contributed by atoms with Crippen LogP contribution in [-0.2, 0) is 5.33 Å². The van der Waals surface area contributed by atoms with Gasteiger partial charge in [-0.3, -0.25) is 4.79 Å². The molecule has 1 heterocycles. The van der Waals surface area contributed by atoms with Crippen LogP contribution in [0.15, 0.2) is 10.9 Å². The van der Waals surface area contributed by atoms with Crippen molar-refractivity contribution in [3.05, 3.63) is 27.7 Å². The quantitative estimate of drug-likeness (QED) is 0.834. The van der Waals surface area contributed by atoms with E-state index in [1.165, 1.54) is 0 Å². The average Bonchev–Trinajstić information content (AvgIpc) is 2.18. The van der Waals surface area contributed by atoms with Gasteiger partial charge in [0, 0.05) is 11.4 Å². The highest BCUT2D eigenvalue weighted by Crippen LogP contribution is 2.23. The van der Waals surface area contributed by atoms with Crippen LogP contribution < -0.4 is 10.2 Å². The van der Waals surface area contributed by atoms with E-state index in [2.05, 4.69) is 25.7 Å². The number of carboxylic acid groups (broad SMARTS) is 1. The Morgan fingerprint density at radius 3 is 2.53 bits per heavy atom. The third kappa shape index (κ3) is 3.48. The number of nitrogens with one attached hydrogen (secondary N) is 1. The highest BCUT2D eigenvalue weighted by Gasteiger charge is 2.33. The van der Waals surface area contributed by atoms with E-state index in [1.54, 1.807) is 0 Å². The van der Waals surface area contributed by atoms with Gasteiger partial charge in [-0.25, -0.2) is 4.79 Å². The van der Waals surface area contributed by atoms with Crippen LogP contribution in [0, 0.1) is 0 Å². The van der Waals surface area contributed by atoms with Gasteiger partial charge >= 0.3 is 12.3 Å². The Balaban J connectivity index is 3.32. The highest BCUT2D eigenvalue weighted by atomic mass is 79.9. The van der Waals surface area contributed by atoms with Crippen molar-refractivity contribution in [1.29, 1.82) is 0 Å². The second kappa shape index (κ2) is 4.78. The molecule has 5 nitrogen and oxygen atoms in total. The van der Waals surface area contributed by atoms with Gasteiger partial charge in [0.2, 0.25) is 5.43 Å². The fraction of sp³-hybridized carbons (Fsp3) is 0.250. The summed E-state index contributed by atoms with van der Waals surface area (Å²) < 4.78 is 39.5. The van der Waals surface area contributed by atoms with Crippen molar-refractivity contribution >= 4 is 21.9 Å². The second-order valence-corrected chi connectivity index (χ2v) is 3.40. The smallest absolute Gasteiger partial charge is 0.477 e. The van der Waals surface area contributed by atoms with E-state index >= 15 is 0 Å². The van der Waals surface area contributed by atoms with E-state index in [0.29, 0.717) is 6.07 Å². The van der Waals surface area contributed by atoms with Gasteiger partial charge in [-0.05, 0) is 0 Å². The first kappa shape index (κ1) is 13.6. The Bertz CT molecular complexity index is 497. The molecule has 0 bridgehead atoms. The molecule has 2 N–H and O–H groups in total. The molecule has 94 valence electrons. The molecule has 0 aliphatic heterocycles. The molecule has 0 fully saturated rings. The Morgan fingerprint density at radius 2 is 2.12 bits per heavy atom. The maximum absolute atomic E-state index is 12.0. The predicted molar refractivity (Wildman–Crippen MR) is 53.3 cm³/mol. The van der Waals surface area contributed by atoms with E-state index in [9.17, 15) is 22.8 Å². The molecule has 0 saturated carbocycles. The predicted octanol–water partition coefficient (Wildman–Crippen LogP) is 1.87. The SMILES string of the molecule is O=C(O)c1cc(=O)c(OC(F)(F)F)c(CBr)[nH]1. The number of pyridine rings is 1. The number of carbonyl (C=O) groups is 1. The first-order valence-corrected chi connectivity index (χ1v) is 5.18. The summed E-state index contributed by atoms with van der Waals surface area (Å²) in [5.74, 6) is -2.43. The third-order valence-corrected chi connectivity index (χ3v) is 2.20.